The van der Waals surface area contributed by atoms with Gasteiger partial charge in [0.15, 0.2) is 0 Å². The Bertz CT molecular complexity index is 945. The second kappa shape index (κ2) is 8.49. The number of hydrogen-bond donors (Lipinski definition) is 1. The minimum atomic E-state index is -0.115. The van der Waals surface area contributed by atoms with Crippen LogP contribution in [0.15, 0.2) is 72.8 Å². The van der Waals surface area contributed by atoms with Gasteiger partial charge in [-0.05, 0) is 72.9 Å². The molecule has 0 aromatic heterocycles. The molecular formula is C24H23ClN2O. The van der Waals surface area contributed by atoms with E-state index in [-0.39, 0.29) is 5.91 Å². The molecule has 0 unspecified atom stereocenters. The molecule has 0 aliphatic carbocycles. The molecule has 1 aliphatic rings. The maximum atomic E-state index is 12.9. The van der Waals surface area contributed by atoms with Gasteiger partial charge >= 0.3 is 0 Å². The van der Waals surface area contributed by atoms with E-state index < -0.39 is 0 Å². The Labute approximate surface area is 171 Å². The maximum absolute atomic E-state index is 12.9. The first-order chi connectivity index (χ1) is 13.7. The number of rotatable bonds is 4. The predicted octanol–water partition coefficient (Wildman–Crippen LogP) is 6.25. The quantitative estimate of drug-likeness (QED) is 0.571. The molecule has 1 N–H and O–H groups in total. The summed E-state index contributed by atoms with van der Waals surface area (Å²) in [4.78, 5) is 15.3. The second-order valence-corrected chi connectivity index (χ2v) is 7.54. The molecule has 3 nitrogen and oxygen atoms in total. The normalized spacial score (nSPS) is 14.0. The van der Waals surface area contributed by atoms with Gasteiger partial charge in [0.1, 0.15) is 0 Å². The number of anilines is 2. The summed E-state index contributed by atoms with van der Waals surface area (Å²) in [7, 11) is 0. The van der Waals surface area contributed by atoms with Gasteiger partial charge in [0.05, 0.1) is 0 Å². The van der Waals surface area contributed by atoms with Crippen molar-refractivity contribution in [2.75, 3.05) is 23.3 Å². The molecule has 0 saturated carbocycles. The van der Waals surface area contributed by atoms with E-state index in [4.69, 9.17) is 11.6 Å². The van der Waals surface area contributed by atoms with E-state index >= 15 is 0 Å². The molecule has 0 spiro atoms. The standard InChI is InChI=1S/C24H23ClN2O/c25-19-10-8-18(9-11-19)22-6-2-3-7-23(22)24(28)26-20-12-14-21(15-13-20)27-16-4-1-5-17-27/h2-3,6-15H,1,4-5,16-17H2,(H,26,28). The molecule has 1 amide bonds. The summed E-state index contributed by atoms with van der Waals surface area (Å²) in [6.07, 6.45) is 3.82. The number of nitrogens with zero attached hydrogens (tertiary/aromatic N) is 1. The highest BCUT2D eigenvalue weighted by atomic mass is 35.5. The number of carbonyl (C=O) groups is 1. The molecule has 1 heterocycles. The highest BCUT2D eigenvalue weighted by molar-refractivity contribution is 6.30. The molecule has 3 aromatic rings. The zero-order valence-corrected chi connectivity index (χ0v) is 16.5. The monoisotopic (exact) mass is 390 g/mol. The Morgan fingerprint density at radius 2 is 1.50 bits per heavy atom. The van der Waals surface area contributed by atoms with Crippen LogP contribution < -0.4 is 10.2 Å². The van der Waals surface area contributed by atoms with Crippen LogP contribution >= 0.6 is 11.6 Å². The van der Waals surface area contributed by atoms with E-state index in [1.807, 2.05) is 60.7 Å². The Morgan fingerprint density at radius 3 is 2.21 bits per heavy atom. The van der Waals surface area contributed by atoms with E-state index in [0.717, 1.165) is 29.9 Å². The third kappa shape index (κ3) is 4.20. The number of carbonyl (C=O) groups excluding carboxylic acids is 1. The molecule has 0 radical (unpaired) electrons. The summed E-state index contributed by atoms with van der Waals surface area (Å²) in [6, 6.07) is 23.3. The third-order valence-electron chi connectivity index (χ3n) is 5.17. The first kappa shape index (κ1) is 18.6. The maximum Gasteiger partial charge on any atom is 0.256 e. The first-order valence-corrected chi connectivity index (χ1v) is 10.1. The number of piperidine rings is 1. The fourth-order valence-electron chi connectivity index (χ4n) is 3.67. The van der Waals surface area contributed by atoms with Gasteiger partial charge in [0.25, 0.3) is 5.91 Å². The molecule has 1 saturated heterocycles. The molecule has 1 fully saturated rings. The van der Waals surface area contributed by atoms with Gasteiger partial charge in [0.2, 0.25) is 0 Å². The summed E-state index contributed by atoms with van der Waals surface area (Å²) in [5.41, 5.74) is 4.53. The largest absolute Gasteiger partial charge is 0.372 e. The predicted molar refractivity (Wildman–Crippen MR) is 117 cm³/mol. The lowest BCUT2D eigenvalue weighted by molar-refractivity contribution is 0.102. The van der Waals surface area contributed by atoms with Gasteiger partial charge in [-0.25, -0.2) is 0 Å². The summed E-state index contributed by atoms with van der Waals surface area (Å²) < 4.78 is 0. The lowest BCUT2D eigenvalue weighted by atomic mass is 9.99. The Hall–Kier alpha value is -2.78. The average molecular weight is 391 g/mol. The van der Waals surface area contributed by atoms with E-state index in [1.54, 1.807) is 0 Å². The van der Waals surface area contributed by atoms with Crippen LogP contribution in [0.4, 0.5) is 11.4 Å². The van der Waals surface area contributed by atoms with E-state index in [1.165, 1.54) is 24.9 Å². The topological polar surface area (TPSA) is 32.3 Å². The lowest BCUT2D eigenvalue weighted by Crippen LogP contribution is -2.29. The fraction of sp³-hybridized carbons (Fsp3) is 0.208. The second-order valence-electron chi connectivity index (χ2n) is 7.10. The van der Waals surface area contributed by atoms with Crippen molar-refractivity contribution in [3.63, 3.8) is 0 Å². The van der Waals surface area contributed by atoms with Crippen LogP contribution in [0, 0.1) is 0 Å². The third-order valence-corrected chi connectivity index (χ3v) is 5.43. The van der Waals surface area contributed by atoms with Gasteiger partial charge in [-0.15, -0.1) is 0 Å². The number of nitrogens with one attached hydrogen (secondary N) is 1. The molecule has 0 bridgehead atoms. The van der Waals surface area contributed by atoms with Crippen molar-refractivity contribution >= 4 is 28.9 Å². The molecule has 1 aliphatic heterocycles. The highest BCUT2D eigenvalue weighted by Gasteiger charge is 2.14. The van der Waals surface area contributed by atoms with Crippen molar-refractivity contribution in [3.05, 3.63) is 83.4 Å². The zero-order valence-electron chi connectivity index (χ0n) is 15.7. The smallest absolute Gasteiger partial charge is 0.256 e. The first-order valence-electron chi connectivity index (χ1n) is 9.72. The average Bonchev–Trinajstić information content (AvgIpc) is 2.75. The SMILES string of the molecule is O=C(Nc1ccc(N2CCCCC2)cc1)c1ccccc1-c1ccc(Cl)cc1. The van der Waals surface area contributed by atoms with Crippen LogP contribution in [0.1, 0.15) is 29.6 Å². The van der Waals surface area contributed by atoms with Crippen LogP contribution in [-0.2, 0) is 0 Å². The van der Waals surface area contributed by atoms with Gasteiger partial charge in [-0.1, -0.05) is 41.9 Å². The van der Waals surface area contributed by atoms with Gasteiger partial charge < -0.3 is 10.2 Å². The van der Waals surface area contributed by atoms with Crippen LogP contribution in [-0.4, -0.2) is 19.0 Å². The lowest BCUT2D eigenvalue weighted by Gasteiger charge is -2.28. The summed E-state index contributed by atoms with van der Waals surface area (Å²) in [5.74, 6) is -0.115. The van der Waals surface area contributed by atoms with Gasteiger partial charge in [-0.3, -0.25) is 4.79 Å². The van der Waals surface area contributed by atoms with E-state index in [0.29, 0.717) is 10.6 Å². The molecule has 4 rings (SSSR count). The number of amides is 1. The Morgan fingerprint density at radius 1 is 0.821 bits per heavy atom. The Balaban J connectivity index is 1.52. The number of halogens is 1. The number of benzene rings is 3. The Kier molecular flexibility index (Phi) is 5.63. The van der Waals surface area contributed by atoms with Gasteiger partial charge in [0, 0.05) is 35.1 Å². The van der Waals surface area contributed by atoms with E-state index in [9.17, 15) is 4.79 Å². The van der Waals surface area contributed by atoms with Crippen LogP contribution in [0.2, 0.25) is 5.02 Å². The van der Waals surface area contributed by atoms with Gasteiger partial charge in [-0.2, -0.15) is 0 Å². The molecule has 0 atom stereocenters. The van der Waals surface area contributed by atoms with E-state index in [2.05, 4.69) is 22.3 Å². The summed E-state index contributed by atoms with van der Waals surface area (Å²) in [6.45, 7) is 2.22. The zero-order chi connectivity index (χ0) is 19.3. The van der Waals surface area contributed by atoms with Crippen LogP contribution in [0.5, 0.6) is 0 Å². The van der Waals surface area contributed by atoms with Crippen molar-refractivity contribution in [1.82, 2.24) is 0 Å². The van der Waals surface area contributed by atoms with Crippen LogP contribution in [0.25, 0.3) is 11.1 Å². The number of hydrogen-bond acceptors (Lipinski definition) is 2. The van der Waals surface area contributed by atoms with Crippen molar-refractivity contribution in [1.29, 1.82) is 0 Å². The molecule has 3 aromatic carbocycles. The minimum Gasteiger partial charge on any atom is -0.372 e. The van der Waals surface area contributed by atoms with Crippen molar-refractivity contribution in [2.24, 2.45) is 0 Å². The van der Waals surface area contributed by atoms with Crippen molar-refractivity contribution < 1.29 is 4.79 Å². The van der Waals surface area contributed by atoms with Crippen molar-refractivity contribution in [3.8, 4) is 11.1 Å². The highest BCUT2D eigenvalue weighted by Crippen LogP contribution is 2.27. The fourth-order valence-corrected chi connectivity index (χ4v) is 3.79. The molecule has 28 heavy (non-hydrogen) atoms. The van der Waals surface area contributed by atoms with Crippen molar-refractivity contribution in [2.45, 2.75) is 19.3 Å². The molecule has 4 heteroatoms. The van der Waals surface area contributed by atoms with Crippen LogP contribution in [0.3, 0.4) is 0 Å². The molecular weight excluding hydrogens is 368 g/mol. The molecule has 142 valence electrons. The summed E-state index contributed by atoms with van der Waals surface area (Å²) in [5, 5.41) is 3.71. The summed E-state index contributed by atoms with van der Waals surface area (Å²) >= 11 is 5.99. The minimum absolute atomic E-state index is 0.115.